The molecule has 0 bridgehead atoms. The molecule has 1 atom stereocenters. The molecule has 0 aromatic rings. The lowest BCUT2D eigenvalue weighted by Crippen LogP contribution is -2.30. The van der Waals surface area contributed by atoms with Gasteiger partial charge in [-0.3, -0.25) is 14.4 Å². The van der Waals surface area contributed by atoms with Crippen molar-refractivity contribution in [2.24, 2.45) is 0 Å². The van der Waals surface area contributed by atoms with E-state index in [1.54, 1.807) is 0 Å². The van der Waals surface area contributed by atoms with Gasteiger partial charge in [0.05, 0.1) is 0 Å². The van der Waals surface area contributed by atoms with E-state index in [4.69, 9.17) is 14.2 Å². The van der Waals surface area contributed by atoms with Crippen LogP contribution in [0.15, 0.2) is 85.1 Å². The number of carbonyl (C=O) groups is 3. The van der Waals surface area contributed by atoms with Gasteiger partial charge in [0.25, 0.3) is 0 Å². The summed E-state index contributed by atoms with van der Waals surface area (Å²) in [5, 5.41) is 0. The molecule has 6 heteroatoms. The highest BCUT2D eigenvalue weighted by atomic mass is 16.6. The van der Waals surface area contributed by atoms with E-state index in [1.807, 2.05) is 0 Å². The van der Waals surface area contributed by atoms with Gasteiger partial charge in [0.2, 0.25) is 0 Å². The van der Waals surface area contributed by atoms with E-state index < -0.39 is 6.10 Å². The molecule has 0 saturated heterocycles. The molecule has 0 aromatic carbocycles. The van der Waals surface area contributed by atoms with E-state index in [2.05, 4.69) is 106 Å². The molecule has 82 heavy (non-hydrogen) atoms. The smallest absolute Gasteiger partial charge is 0.306 e. The molecule has 0 saturated carbocycles. The predicted molar refractivity (Wildman–Crippen MR) is 358 cm³/mol. The Labute approximate surface area is 509 Å². The lowest BCUT2D eigenvalue weighted by Gasteiger charge is -2.18. The molecule has 0 spiro atoms. The molecule has 0 aliphatic carbocycles. The first-order valence-electron chi connectivity index (χ1n) is 35.6. The van der Waals surface area contributed by atoms with Gasteiger partial charge < -0.3 is 14.2 Å². The van der Waals surface area contributed by atoms with Crippen LogP contribution in [0.25, 0.3) is 0 Å². The Balaban J connectivity index is 4.32. The Hall–Kier alpha value is -3.41. The third-order valence-corrected chi connectivity index (χ3v) is 15.7. The maximum Gasteiger partial charge on any atom is 0.306 e. The fourth-order valence-electron chi connectivity index (χ4n) is 10.4. The van der Waals surface area contributed by atoms with E-state index in [1.165, 1.54) is 212 Å². The first-order valence-corrected chi connectivity index (χ1v) is 35.6. The molecule has 0 aliphatic rings. The lowest BCUT2D eigenvalue weighted by atomic mass is 10.0. The van der Waals surface area contributed by atoms with Gasteiger partial charge in [-0.1, -0.05) is 350 Å². The van der Waals surface area contributed by atoms with Crippen LogP contribution in [0.3, 0.4) is 0 Å². The zero-order valence-electron chi connectivity index (χ0n) is 54.5. The summed E-state index contributed by atoms with van der Waals surface area (Å²) in [7, 11) is 0. The lowest BCUT2D eigenvalue weighted by molar-refractivity contribution is -0.167. The number of hydrogen-bond acceptors (Lipinski definition) is 6. The van der Waals surface area contributed by atoms with Crippen molar-refractivity contribution in [3.8, 4) is 0 Å². The van der Waals surface area contributed by atoms with Crippen LogP contribution in [0.5, 0.6) is 0 Å². The fraction of sp³-hybridized carbons (Fsp3) is 0.776. The quantitative estimate of drug-likeness (QED) is 0.0261. The Morgan fingerprint density at radius 2 is 0.476 bits per heavy atom. The number of hydrogen-bond donors (Lipinski definition) is 0. The van der Waals surface area contributed by atoms with Crippen molar-refractivity contribution >= 4 is 17.9 Å². The zero-order chi connectivity index (χ0) is 59.2. The summed E-state index contributed by atoms with van der Waals surface area (Å²) < 4.78 is 17.0. The van der Waals surface area contributed by atoms with Gasteiger partial charge in [0, 0.05) is 19.3 Å². The maximum absolute atomic E-state index is 13.0. The third kappa shape index (κ3) is 67.4. The van der Waals surface area contributed by atoms with Gasteiger partial charge in [-0.15, -0.1) is 0 Å². The third-order valence-electron chi connectivity index (χ3n) is 15.7. The van der Waals surface area contributed by atoms with Gasteiger partial charge >= 0.3 is 17.9 Å². The number of ether oxygens (including phenoxy) is 3. The minimum absolute atomic E-state index is 0.0743. The molecule has 0 aliphatic heterocycles. The SMILES string of the molecule is CC/C=C\C/C=C\C/C=C\C/C=C\C/C=C\C/C=C\C/C=C\CCCCCCCCCC(=O)OCC(COC(=O)CCCCCCCCCCCCCCCCC)OC(=O)CCCCCCCCCCCCCCCCCCCCCC. The summed E-state index contributed by atoms with van der Waals surface area (Å²) >= 11 is 0. The second-order valence-electron chi connectivity index (χ2n) is 23.8. The molecular formula is C76H134O6. The molecular weight excluding hydrogens is 1010 g/mol. The molecule has 0 heterocycles. The van der Waals surface area contributed by atoms with Crippen molar-refractivity contribution in [3.05, 3.63) is 85.1 Å². The largest absolute Gasteiger partial charge is 0.462 e. The number of allylic oxidation sites excluding steroid dienone is 14. The molecule has 6 nitrogen and oxygen atoms in total. The molecule has 0 aromatic heterocycles. The van der Waals surface area contributed by atoms with Crippen LogP contribution in [0, 0.1) is 0 Å². The summed E-state index contributed by atoms with van der Waals surface area (Å²) in [5.74, 6) is -0.863. The molecule has 0 radical (unpaired) electrons. The number of esters is 3. The Morgan fingerprint density at radius 1 is 0.256 bits per heavy atom. The van der Waals surface area contributed by atoms with Crippen LogP contribution in [0.2, 0.25) is 0 Å². The Bertz CT molecular complexity index is 1550. The highest BCUT2D eigenvalue weighted by molar-refractivity contribution is 5.71. The van der Waals surface area contributed by atoms with E-state index in [9.17, 15) is 14.4 Å². The van der Waals surface area contributed by atoms with Crippen LogP contribution >= 0.6 is 0 Å². The summed E-state index contributed by atoms with van der Waals surface area (Å²) in [6.45, 7) is 6.58. The topological polar surface area (TPSA) is 78.9 Å². The van der Waals surface area contributed by atoms with Crippen LogP contribution < -0.4 is 0 Å². The first-order chi connectivity index (χ1) is 40.5. The molecule has 1 unspecified atom stereocenters. The van der Waals surface area contributed by atoms with Gasteiger partial charge in [0.15, 0.2) is 6.10 Å². The van der Waals surface area contributed by atoms with Gasteiger partial charge in [-0.2, -0.15) is 0 Å². The Kier molecular flexibility index (Phi) is 67.2. The van der Waals surface area contributed by atoms with E-state index in [0.717, 1.165) is 109 Å². The number of rotatable bonds is 65. The van der Waals surface area contributed by atoms with Crippen molar-refractivity contribution in [1.82, 2.24) is 0 Å². The summed E-state index contributed by atoms with van der Waals surface area (Å²) in [4.78, 5) is 38.5. The van der Waals surface area contributed by atoms with Gasteiger partial charge in [-0.05, 0) is 77.0 Å². The van der Waals surface area contributed by atoms with Crippen molar-refractivity contribution in [3.63, 3.8) is 0 Å². The Morgan fingerprint density at radius 3 is 0.744 bits per heavy atom. The average Bonchev–Trinajstić information content (AvgIpc) is 3.47. The molecule has 0 N–H and O–H groups in total. The van der Waals surface area contributed by atoms with E-state index >= 15 is 0 Å². The number of unbranched alkanes of at least 4 members (excludes halogenated alkanes) is 40. The van der Waals surface area contributed by atoms with E-state index in [0.29, 0.717) is 19.3 Å². The summed E-state index contributed by atoms with van der Waals surface area (Å²) in [5.41, 5.74) is 0. The van der Waals surface area contributed by atoms with Crippen LogP contribution in [-0.2, 0) is 28.6 Å². The van der Waals surface area contributed by atoms with E-state index in [-0.39, 0.29) is 31.1 Å². The predicted octanol–water partition coefficient (Wildman–Crippen LogP) is 24.6. The van der Waals surface area contributed by atoms with Crippen LogP contribution in [0.1, 0.15) is 361 Å². The molecule has 0 rings (SSSR count). The summed E-state index contributed by atoms with van der Waals surface area (Å²) in [6.07, 6.45) is 93.2. The fourth-order valence-corrected chi connectivity index (χ4v) is 10.4. The first kappa shape index (κ1) is 78.6. The maximum atomic E-state index is 13.0. The minimum Gasteiger partial charge on any atom is -0.462 e. The van der Waals surface area contributed by atoms with Crippen LogP contribution in [-0.4, -0.2) is 37.2 Å². The van der Waals surface area contributed by atoms with Crippen LogP contribution in [0.4, 0.5) is 0 Å². The highest BCUT2D eigenvalue weighted by Gasteiger charge is 2.19. The summed E-state index contributed by atoms with van der Waals surface area (Å²) in [6, 6.07) is 0. The monoisotopic (exact) mass is 1140 g/mol. The average molecular weight is 1140 g/mol. The molecule has 0 fully saturated rings. The van der Waals surface area contributed by atoms with Crippen molar-refractivity contribution in [2.45, 2.75) is 367 Å². The molecule has 0 amide bonds. The standard InChI is InChI=1S/C76H134O6/c1-4-7-10-13-16-19-22-25-28-30-32-34-35-36-37-38-39-40-41-42-44-45-48-51-54-57-60-63-66-69-75(78)81-72-73(71-80-74(77)68-65-62-59-56-53-50-47-27-24-21-18-15-12-9-6-3)82-76(79)70-67-64-61-58-55-52-49-46-43-33-31-29-26-23-20-17-14-11-8-5-2/h7,10,16,19,25,28,32,34,36-37,39-40,42,44,73H,4-6,8-9,11-15,17-18,20-24,26-27,29-31,33,35,38,41,43,45-72H2,1-3H3/b10-7-,19-16-,28-25-,34-32-,37-36-,40-39-,44-42-. The zero-order valence-corrected chi connectivity index (χ0v) is 54.5. The second-order valence-corrected chi connectivity index (χ2v) is 23.8. The van der Waals surface area contributed by atoms with Crippen molar-refractivity contribution < 1.29 is 28.6 Å². The normalized spacial score (nSPS) is 12.6. The second kappa shape index (κ2) is 70.1. The van der Waals surface area contributed by atoms with Crippen molar-refractivity contribution in [1.29, 1.82) is 0 Å². The minimum atomic E-state index is -0.780. The number of carbonyl (C=O) groups excluding carboxylic acids is 3. The van der Waals surface area contributed by atoms with Gasteiger partial charge in [0.1, 0.15) is 13.2 Å². The van der Waals surface area contributed by atoms with Crippen molar-refractivity contribution in [2.75, 3.05) is 13.2 Å². The van der Waals surface area contributed by atoms with Gasteiger partial charge in [-0.25, -0.2) is 0 Å². The molecule has 474 valence electrons. The highest BCUT2D eigenvalue weighted by Crippen LogP contribution is 2.18.